The summed E-state index contributed by atoms with van der Waals surface area (Å²) in [6.07, 6.45) is 17.9. The summed E-state index contributed by atoms with van der Waals surface area (Å²) in [6, 6.07) is 7.26. The van der Waals surface area contributed by atoms with E-state index in [4.69, 9.17) is 14.2 Å². The normalized spacial score (nSPS) is 34.5. The molecule has 0 radical (unpaired) electrons. The van der Waals surface area contributed by atoms with Gasteiger partial charge in [0.15, 0.2) is 0 Å². The molecule has 0 N–H and O–H groups in total. The van der Waals surface area contributed by atoms with Crippen LogP contribution in [0, 0.1) is 46.3 Å². The Hall–Kier alpha value is -1.97. The van der Waals surface area contributed by atoms with Crippen LogP contribution >= 0.6 is 0 Å². The molecule has 5 rings (SSSR count). The fourth-order valence-electron chi connectivity index (χ4n) is 9.95. The van der Waals surface area contributed by atoms with Crippen LogP contribution in [-0.4, -0.2) is 18.9 Å². The van der Waals surface area contributed by atoms with Crippen molar-refractivity contribution >= 4 is 6.16 Å². The van der Waals surface area contributed by atoms with Gasteiger partial charge in [-0.2, -0.15) is 0 Å². The largest absolute Gasteiger partial charge is 0.514 e. The topological polar surface area (TPSA) is 44.8 Å². The van der Waals surface area contributed by atoms with E-state index in [2.05, 4.69) is 47.6 Å². The number of hydrogen-bond donors (Lipinski definition) is 0. The van der Waals surface area contributed by atoms with E-state index in [0.717, 1.165) is 73.4 Å². The van der Waals surface area contributed by atoms with E-state index in [0.29, 0.717) is 17.8 Å². The molecule has 4 aliphatic carbocycles. The number of allylic oxidation sites excluding steroid dienone is 1. The van der Waals surface area contributed by atoms with Gasteiger partial charge in [-0.1, -0.05) is 78.9 Å². The standard InChI is InChI=1S/C38H58O4/c1-7-8-24-40-29-13-15-30(16-14-29)41-36(39)42-31-20-22-37(5)28(25-31)12-17-32-34-19-18-33(27(4)11-9-10-26(2)3)38(34,6)23-21-35(32)37/h12-16,26-27,31-35H,7-11,17-25H2,1-6H3/t27-,31?,32?,33-,34?,35?,37+,38-/m1/s1. The third-order valence-corrected chi connectivity index (χ3v) is 12.3. The molecule has 3 saturated carbocycles. The average Bonchev–Trinajstić information content (AvgIpc) is 3.31. The van der Waals surface area contributed by atoms with Gasteiger partial charge in [0.05, 0.1) is 6.61 Å². The zero-order chi connectivity index (χ0) is 29.9. The molecule has 4 nitrogen and oxygen atoms in total. The minimum absolute atomic E-state index is 0.0959. The summed E-state index contributed by atoms with van der Waals surface area (Å²) in [7, 11) is 0. The number of rotatable bonds is 11. The van der Waals surface area contributed by atoms with E-state index >= 15 is 0 Å². The SMILES string of the molecule is CCCCOc1ccc(OC(=O)OC2CC[C@@]3(C)C(=CCC4C3CC[C@@]3(C)C4CC[C@@H]3[C@H](C)CCCC(C)C)C2)cc1. The Morgan fingerprint density at radius 3 is 2.43 bits per heavy atom. The first-order valence-electron chi connectivity index (χ1n) is 17.4. The van der Waals surface area contributed by atoms with Crippen LogP contribution in [0.2, 0.25) is 0 Å². The van der Waals surface area contributed by atoms with Gasteiger partial charge in [0, 0.05) is 6.42 Å². The Bertz CT molecular complexity index is 1080. The lowest BCUT2D eigenvalue weighted by atomic mass is 9.47. The summed E-state index contributed by atoms with van der Waals surface area (Å²) < 4.78 is 17.1. The first-order chi connectivity index (χ1) is 20.1. The minimum Gasteiger partial charge on any atom is -0.494 e. The lowest BCUT2D eigenvalue weighted by Crippen LogP contribution is -2.51. The zero-order valence-corrected chi connectivity index (χ0v) is 27.5. The van der Waals surface area contributed by atoms with E-state index in [1.54, 1.807) is 17.7 Å². The highest BCUT2D eigenvalue weighted by Crippen LogP contribution is 2.67. The van der Waals surface area contributed by atoms with Crippen LogP contribution in [0.15, 0.2) is 35.9 Å². The second kappa shape index (κ2) is 13.3. The highest BCUT2D eigenvalue weighted by atomic mass is 16.7. The number of benzene rings is 1. The van der Waals surface area contributed by atoms with Gasteiger partial charge in [0.2, 0.25) is 0 Å². The Morgan fingerprint density at radius 1 is 0.929 bits per heavy atom. The van der Waals surface area contributed by atoms with Gasteiger partial charge in [0.1, 0.15) is 17.6 Å². The van der Waals surface area contributed by atoms with Crippen molar-refractivity contribution in [2.75, 3.05) is 6.61 Å². The highest BCUT2D eigenvalue weighted by Gasteiger charge is 2.59. The molecule has 0 aromatic heterocycles. The minimum atomic E-state index is -0.592. The number of fused-ring (bicyclic) bond motifs is 5. The maximum atomic E-state index is 12.7. The summed E-state index contributed by atoms with van der Waals surface area (Å²) in [6.45, 7) is 15.4. The lowest BCUT2D eigenvalue weighted by Gasteiger charge is -2.58. The van der Waals surface area contributed by atoms with Crippen LogP contribution in [0.25, 0.3) is 0 Å². The van der Waals surface area contributed by atoms with Crippen LogP contribution in [0.1, 0.15) is 125 Å². The van der Waals surface area contributed by atoms with Crippen LogP contribution in [0.4, 0.5) is 4.79 Å². The molecule has 0 saturated heterocycles. The molecular formula is C38H58O4. The van der Waals surface area contributed by atoms with Gasteiger partial charge >= 0.3 is 6.16 Å². The molecule has 0 aliphatic heterocycles. The molecule has 0 amide bonds. The number of hydrogen-bond acceptors (Lipinski definition) is 4. The van der Waals surface area contributed by atoms with Crippen LogP contribution in [-0.2, 0) is 4.74 Å². The molecule has 0 bridgehead atoms. The van der Waals surface area contributed by atoms with Crippen molar-refractivity contribution in [3.05, 3.63) is 35.9 Å². The van der Waals surface area contributed by atoms with Crippen molar-refractivity contribution in [3.8, 4) is 11.5 Å². The maximum absolute atomic E-state index is 12.7. The van der Waals surface area contributed by atoms with Crippen molar-refractivity contribution in [3.63, 3.8) is 0 Å². The number of ether oxygens (including phenoxy) is 3. The number of carbonyl (C=O) groups is 1. The lowest BCUT2D eigenvalue weighted by molar-refractivity contribution is -0.0597. The van der Waals surface area contributed by atoms with Crippen LogP contribution in [0.3, 0.4) is 0 Å². The van der Waals surface area contributed by atoms with E-state index in [1.165, 1.54) is 51.4 Å². The summed E-state index contributed by atoms with van der Waals surface area (Å²) in [4.78, 5) is 12.7. The molecule has 4 aliphatic rings. The van der Waals surface area contributed by atoms with Crippen molar-refractivity contribution in [1.29, 1.82) is 0 Å². The second-order valence-corrected chi connectivity index (χ2v) is 15.3. The summed E-state index contributed by atoms with van der Waals surface area (Å²) in [5.41, 5.74) is 2.31. The fourth-order valence-corrected chi connectivity index (χ4v) is 9.95. The van der Waals surface area contributed by atoms with E-state index < -0.39 is 6.16 Å². The summed E-state index contributed by atoms with van der Waals surface area (Å²) >= 11 is 0. The molecule has 0 heterocycles. The van der Waals surface area contributed by atoms with Gasteiger partial charge in [-0.25, -0.2) is 4.79 Å². The molecule has 234 valence electrons. The molecule has 42 heavy (non-hydrogen) atoms. The van der Waals surface area contributed by atoms with Gasteiger partial charge in [0.25, 0.3) is 0 Å². The van der Waals surface area contributed by atoms with E-state index in [1.807, 2.05) is 12.1 Å². The molecule has 0 spiro atoms. The van der Waals surface area contributed by atoms with Crippen molar-refractivity contribution in [2.24, 2.45) is 46.3 Å². The molecular weight excluding hydrogens is 520 g/mol. The highest BCUT2D eigenvalue weighted by molar-refractivity contribution is 5.64. The molecule has 4 unspecified atom stereocenters. The smallest absolute Gasteiger partial charge is 0.494 e. The molecule has 1 aromatic carbocycles. The van der Waals surface area contributed by atoms with Crippen molar-refractivity contribution < 1.29 is 19.0 Å². The van der Waals surface area contributed by atoms with Crippen LogP contribution < -0.4 is 9.47 Å². The number of unbranched alkanes of at least 4 members (excludes halogenated alkanes) is 1. The van der Waals surface area contributed by atoms with Gasteiger partial charge in [-0.15, -0.1) is 0 Å². The Balaban J connectivity index is 1.16. The zero-order valence-electron chi connectivity index (χ0n) is 27.5. The number of carbonyl (C=O) groups excluding carboxylic acids is 1. The van der Waals surface area contributed by atoms with Crippen LogP contribution in [0.5, 0.6) is 11.5 Å². The predicted molar refractivity (Wildman–Crippen MR) is 171 cm³/mol. The van der Waals surface area contributed by atoms with Gasteiger partial charge < -0.3 is 14.2 Å². The first-order valence-corrected chi connectivity index (χ1v) is 17.4. The summed E-state index contributed by atoms with van der Waals surface area (Å²) in [5, 5.41) is 0. The monoisotopic (exact) mass is 578 g/mol. The molecule has 1 aromatic rings. The van der Waals surface area contributed by atoms with Crippen molar-refractivity contribution in [2.45, 2.75) is 131 Å². The Morgan fingerprint density at radius 2 is 1.69 bits per heavy atom. The molecule has 3 fully saturated rings. The second-order valence-electron chi connectivity index (χ2n) is 15.3. The first kappa shape index (κ1) is 31.5. The Labute approximate surface area is 256 Å². The predicted octanol–water partition coefficient (Wildman–Crippen LogP) is 10.8. The molecule has 4 heteroatoms. The van der Waals surface area contributed by atoms with Gasteiger partial charge in [-0.05, 0) is 122 Å². The quantitative estimate of drug-likeness (QED) is 0.113. The third-order valence-electron chi connectivity index (χ3n) is 12.3. The summed E-state index contributed by atoms with van der Waals surface area (Å²) in [5.74, 6) is 6.33. The maximum Gasteiger partial charge on any atom is 0.514 e. The average molecular weight is 579 g/mol. The van der Waals surface area contributed by atoms with Gasteiger partial charge in [-0.3, -0.25) is 0 Å². The van der Waals surface area contributed by atoms with E-state index in [-0.39, 0.29) is 11.5 Å². The Kier molecular flexibility index (Phi) is 10.00. The fraction of sp³-hybridized carbons (Fsp3) is 0.763. The molecule has 8 atom stereocenters. The van der Waals surface area contributed by atoms with Crippen molar-refractivity contribution in [1.82, 2.24) is 0 Å². The third kappa shape index (κ3) is 6.58. The van der Waals surface area contributed by atoms with E-state index in [9.17, 15) is 4.79 Å².